The third-order valence-corrected chi connectivity index (χ3v) is 3.66. The van der Waals surface area contributed by atoms with E-state index in [1.165, 1.54) is 0 Å². The van der Waals surface area contributed by atoms with Gasteiger partial charge < -0.3 is 15.6 Å². The first kappa shape index (κ1) is 11.9. The molecule has 0 spiro atoms. The lowest BCUT2D eigenvalue weighted by Gasteiger charge is -2.27. The molecule has 3 N–H and O–H groups in total. The molecule has 1 aliphatic carbocycles. The van der Waals surface area contributed by atoms with Crippen LogP contribution in [0.4, 0.5) is 0 Å². The van der Waals surface area contributed by atoms with Crippen molar-refractivity contribution in [2.24, 2.45) is 5.73 Å². The second-order valence-corrected chi connectivity index (χ2v) is 4.54. The number of hydrogen-bond acceptors (Lipinski definition) is 3. The van der Waals surface area contributed by atoms with Crippen LogP contribution in [0.15, 0.2) is 18.2 Å². The quantitative estimate of drug-likeness (QED) is 0.825. The van der Waals surface area contributed by atoms with Gasteiger partial charge in [0.2, 0.25) is 0 Å². The Morgan fingerprint density at radius 1 is 1.59 bits per heavy atom. The maximum atomic E-state index is 11.0. The Kier molecular flexibility index (Phi) is 3.07. The van der Waals surface area contributed by atoms with Crippen molar-refractivity contribution in [3.8, 4) is 5.75 Å². The van der Waals surface area contributed by atoms with E-state index in [0.717, 1.165) is 29.7 Å². The Bertz CT molecular complexity index is 444. The molecule has 0 saturated heterocycles. The molecule has 1 aromatic carbocycles. The minimum atomic E-state index is -0.800. The lowest BCUT2D eigenvalue weighted by atomic mass is 9.79. The summed E-state index contributed by atoms with van der Waals surface area (Å²) >= 11 is 0. The normalized spacial score (nSPS) is 22.2. The number of methoxy groups -OCH3 is 1. The second-order valence-electron chi connectivity index (χ2n) is 4.54. The van der Waals surface area contributed by atoms with Crippen LogP contribution < -0.4 is 10.5 Å². The molecule has 0 aliphatic heterocycles. The molecule has 1 aliphatic rings. The fraction of sp³-hybridized carbons (Fsp3) is 0.462. The maximum Gasteiger partial charge on any atom is 0.304 e. The Morgan fingerprint density at radius 2 is 2.35 bits per heavy atom. The fourth-order valence-corrected chi connectivity index (χ4v) is 2.77. The van der Waals surface area contributed by atoms with E-state index in [9.17, 15) is 4.79 Å². The zero-order valence-electron chi connectivity index (χ0n) is 9.90. The second kappa shape index (κ2) is 4.37. The molecule has 0 bridgehead atoms. The van der Waals surface area contributed by atoms with Gasteiger partial charge in [0.25, 0.3) is 0 Å². The van der Waals surface area contributed by atoms with Gasteiger partial charge in [-0.1, -0.05) is 12.1 Å². The van der Waals surface area contributed by atoms with Crippen LogP contribution in [0, 0.1) is 0 Å². The highest BCUT2D eigenvalue weighted by Gasteiger charge is 2.40. The van der Waals surface area contributed by atoms with Crippen molar-refractivity contribution >= 4 is 5.97 Å². The molecule has 4 heteroatoms. The molecule has 0 saturated carbocycles. The summed E-state index contributed by atoms with van der Waals surface area (Å²) in [5, 5.41) is 9.04. The molecule has 0 radical (unpaired) electrons. The van der Waals surface area contributed by atoms with Gasteiger partial charge in [-0.25, -0.2) is 0 Å². The molecule has 2 rings (SSSR count). The number of carboxylic acid groups (broad SMARTS) is 1. The van der Waals surface area contributed by atoms with E-state index in [-0.39, 0.29) is 6.42 Å². The van der Waals surface area contributed by atoms with Crippen LogP contribution in [0.2, 0.25) is 0 Å². The highest BCUT2D eigenvalue weighted by Crippen LogP contribution is 2.44. The van der Waals surface area contributed by atoms with Crippen molar-refractivity contribution in [3.05, 3.63) is 29.3 Å². The number of carbonyl (C=O) groups is 1. The van der Waals surface area contributed by atoms with Gasteiger partial charge in [-0.2, -0.15) is 0 Å². The van der Waals surface area contributed by atoms with Crippen LogP contribution in [-0.2, 0) is 16.6 Å². The molecular formula is C13H17NO3. The van der Waals surface area contributed by atoms with Crippen molar-refractivity contribution < 1.29 is 14.6 Å². The first-order valence-electron chi connectivity index (χ1n) is 5.71. The lowest BCUT2D eigenvalue weighted by molar-refractivity contribution is -0.138. The molecule has 0 amide bonds. The molecule has 1 atom stereocenters. The molecule has 1 unspecified atom stereocenters. The van der Waals surface area contributed by atoms with E-state index >= 15 is 0 Å². The topological polar surface area (TPSA) is 72.5 Å². The summed E-state index contributed by atoms with van der Waals surface area (Å²) in [5.74, 6) is 0.0364. The largest absolute Gasteiger partial charge is 0.496 e. The van der Waals surface area contributed by atoms with Crippen LogP contribution in [0.3, 0.4) is 0 Å². The summed E-state index contributed by atoms with van der Waals surface area (Å²) in [6.45, 7) is 0.361. The predicted molar refractivity (Wildman–Crippen MR) is 64.3 cm³/mol. The average molecular weight is 235 g/mol. The highest BCUT2D eigenvalue weighted by atomic mass is 16.5. The Morgan fingerprint density at radius 3 is 2.94 bits per heavy atom. The first-order valence-corrected chi connectivity index (χ1v) is 5.71. The fourth-order valence-electron chi connectivity index (χ4n) is 2.77. The van der Waals surface area contributed by atoms with E-state index in [1.54, 1.807) is 7.11 Å². The predicted octanol–water partition coefficient (Wildman–Crippen LogP) is 1.31. The summed E-state index contributed by atoms with van der Waals surface area (Å²) in [6.07, 6.45) is 1.71. The molecule has 0 aromatic heterocycles. The van der Waals surface area contributed by atoms with E-state index in [0.29, 0.717) is 6.54 Å². The van der Waals surface area contributed by atoms with Gasteiger partial charge >= 0.3 is 5.97 Å². The average Bonchev–Trinajstić information content (AvgIpc) is 2.68. The summed E-state index contributed by atoms with van der Waals surface area (Å²) < 4.78 is 5.31. The van der Waals surface area contributed by atoms with Gasteiger partial charge in [0, 0.05) is 12.0 Å². The molecule has 0 fully saturated rings. The maximum absolute atomic E-state index is 11.0. The first-order chi connectivity index (χ1) is 8.13. The van der Waals surface area contributed by atoms with E-state index < -0.39 is 11.4 Å². The zero-order chi connectivity index (χ0) is 12.5. The number of ether oxygens (including phenoxy) is 1. The Hall–Kier alpha value is -1.55. The van der Waals surface area contributed by atoms with Gasteiger partial charge in [0.1, 0.15) is 5.75 Å². The van der Waals surface area contributed by atoms with Crippen molar-refractivity contribution in [1.82, 2.24) is 0 Å². The SMILES string of the molecule is COc1cccc2c1CCC2(CN)CC(=O)O. The van der Waals surface area contributed by atoms with Crippen LogP contribution in [0.1, 0.15) is 24.0 Å². The molecule has 1 aromatic rings. The van der Waals surface area contributed by atoms with Gasteiger partial charge in [0.05, 0.1) is 13.5 Å². The van der Waals surface area contributed by atoms with Gasteiger partial charge in [0.15, 0.2) is 0 Å². The smallest absolute Gasteiger partial charge is 0.304 e. The van der Waals surface area contributed by atoms with Gasteiger partial charge in [-0.3, -0.25) is 4.79 Å². The summed E-state index contributed by atoms with van der Waals surface area (Å²) in [7, 11) is 1.63. The van der Waals surface area contributed by atoms with Crippen LogP contribution in [-0.4, -0.2) is 24.7 Å². The molecular weight excluding hydrogens is 218 g/mol. The van der Waals surface area contributed by atoms with Crippen LogP contribution >= 0.6 is 0 Å². The highest BCUT2D eigenvalue weighted by molar-refractivity contribution is 5.70. The van der Waals surface area contributed by atoms with Crippen molar-refractivity contribution in [2.75, 3.05) is 13.7 Å². The number of fused-ring (bicyclic) bond motifs is 1. The monoisotopic (exact) mass is 235 g/mol. The van der Waals surface area contributed by atoms with Gasteiger partial charge in [-0.15, -0.1) is 0 Å². The zero-order valence-corrected chi connectivity index (χ0v) is 9.90. The van der Waals surface area contributed by atoms with Crippen molar-refractivity contribution in [3.63, 3.8) is 0 Å². The Balaban J connectivity index is 2.47. The molecule has 4 nitrogen and oxygen atoms in total. The van der Waals surface area contributed by atoms with Crippen molar-refractivity contribution in [2.45, 2.75) is 24.7 Å². The van der Waals surface area contributed by atoms with E-state index in [4.69, 9.17) is 15.6 Å². The number of rotatable bonds is 4. The summed E-state index contributed by atoms with van der Waals surface area (Å²) in [5.41, 5.74) is 7.55. The Labute approximate surface area is 100 Å². The van der Waals surface area contributed by atoms with Gasteiger partial charge in [-0.05, 0) is 30.0 Å². The van der Waals surface area contributed by atoms with Crippen LogP contribution in [0.5, 0.6) is 5.75 Å². The van der Waals surface area contributed by atoms with E-state index in [1.807, 2.05) is 18.2 Å². The number of benzene rings is 1. The third kappa shape index (κ3) is 1.89. The summed E-state index contributed by atoms with van der Waals surface area (Å²) in [4.78, 5) is 11.0. The number of carboxylic acids is 1. The van der Waals surface area contributed by atoms with E-state index in [2.05, 4.69) is 0 Å². The summed E-state index contributed by atoms with van der Waals surface area (Å²) in [6, 6.07) is 5.78. The molecule has 92 valence electrons. The number of aliphatic carboxylic acids is 1. The number of hydrogen-bond donors (Lipinski definition) is 2. The third-order valence-electron chi connectivity index (χ3n) is 3.66. The minimum absolute atomic E-state index is 0.0870. The van der Waals surface area contributed by atoms with Crippen LogP contribution in [0.25, 0.3) is 0 Å². The lowest BCUT2D eigenvalue weighted by Crippen LogP contribution is -2.35. The minimum Gasteiger partial charge on any atom is -0.496 e. The molecule has 17 heavy (non-hydrogen) atoms. The van der Waals surface area contributed by atoms with Crippen molar-refractivity contribution in [1.29, 1.82) is 0 Å². The standard InChI is InChI=1S/C13H17NO3/c1-17-11-4-2-3-10-9(11)5-6-13(10,8-14)7-12(15)16/h2-4H,5-8,14H2,1H3,(H,15,16). The number of nitrogens with two attached hydrogens (primary N) is 1. The molecule has 0 heterocycles.